The first-order valence-corrected chi connectivity index (χ1v) is 12.5. The number of sulfone groups is 1. The lowest BCUT2D eigenvalue weighted by molar-refractivity contribution is -0.119. The molecule has 34 heavy (non-hydrogen) atoms. The number of anilines is 1. The van der Waals surface area contributed by atoms with Crippen molar-refractivity contribution in [1.29, 1.82) is 0 Å². The highest BCUT2D eigenvalue weighted by molar-refractivity contribution is 7.91. The maximum atomic E-state index is 15.2. The molecule has 2 aromatic carbocycles. The maximum Gasteiger partial charge on any atom is 0.245 e. The number of rotatable bonds is 3. The van der Waals surface area contributed by atoms with Gasteiger partial charge in [0.15, 0.2) is 15.7 Å². The Balaban J connectivity index is 1.92. The van der Waals surface area contributed by atoms with Crippen LogP contribution in [0, 0.1) is 5.82 Å². The Morgan fingerprint density at radius 1 is 1.21 bits per heavy atom. The molecule has 8 nitrogen and oxygen atoms in total. The molecule has 0 radical (unpaired) electrons. The molecule has 0 fully saturated rings. The van der Waals surface area contributed by atoms with Crippen LogP contribution in [0.4, 0.5) is 10.1 Å². The second kappa shape index (κ2) is 8.68. The summed E-state index contributed by atoms with van der Waals surface area (Å²) in [6.45, 7) is 5.79. The van der Waals surface area contributed by atoms with Crippen LogP contribution in [-0.4, -0.2) is 41.3 Å². The molecular weight excluding hydrogens is 481 g/mol. The number of carbonyl (C=O) groups is 1. The Labute approximate surface area is 201 Å². The van der Waals surface area contributed by atoms with E-state index in [2.05, 4.69) is 15.2 Å². The molecule has 0 saturated carbocycles. The molecule has 0 spiro atoms. The van der Waals surface area contributed by atoms with Crippen LogP contribution in [0.1, 0.15) is 32.0 Å². The van der Waals surface area contributed by atoms with E-state index in [9.17, 15) is 13.2 Å². The molecule has 0 unspecified atom stereocenters. The van der Waals surface area contributed by atoms with Crippen molar-refractivity contribution in [1.82, 2.24) is 15.2 Å². The van der Waals surface area contributed by atoms with E-state index >= 15 is 4.39 Å². The Morgan fingerprint density at radius 3 is 2.53 bits per heavy atom. The fourth-order valence-corrected chi connectivity index (χ4v) is 5.30. The third-order valence-corrected chi connectivity index (χ3v) is 7.53. The minimum absolute atomic E-state index is 0.00839. The Bertz CT molecular complexity index is 1370. The zero-order chi connectivity index (χ0) is 24.8. The molecule has 0 saturated heterocycles. The number of nitrogens with zero attached hydrogens (tertiary/aromatic N) is 4. The first kappa shape index (κ1) is 24.2. The normalized spacial score (nSPS) is 17.9. The first-order chi connectivity index (χ1) is 15.9. The Hall–Kier alpha value is -2.95. The molecule has 1 aromatic heterocycles. The molecule has 1 atom stereocenters. The number of carbonyl (C=O) groups excluding carboxylic acids is 1. The summed E-state index contributed by atoms with van der Waals surface area (Å²) in [4.78, 5) is 18.5. The lowest BCUT2D eigenvalue weighted by Crippen LogP contribution is -2.45. The van der Waals surface area contributed by atoms with E-state index in [0.717, 1.165) is 6.07 Å². The summed E-state index contributed by atoms with van der Waals surface area (Å²) in [6.07, 6.45) is 1.49. The average molecular weight is 504 g/mol. The summed E-state index contributed by atoms with van der Waals surface area (Å²) >= 11 is 5.96. The van der Waals surface area contributed by atoms with Crippen LogP contribution in [0.25, 0.3) is 11.4 Å². The van der Waals surface area contributed by atoms with Gasteiger partial charge in [0, 0.05) is 10.4 Å². The molecule has 0 aliphatic carbocycles. The summed E-state index contributed by atoms with van der Waals surface area (Å²) in [7, 11) is -4.05. The SMILES string of the molecule is CC(C)(C)c1cnnc(-c2cc3c(cc2F)S(=O)(=O)C[C@H](N)C(=O)N3Cc2ccc(Cl)cc2)n1. The highest BCUT2D eigenvalue weighted by atomic mass is 35.5. The Morgan fingerprint density at radius 2 is 1.88 bits per heavy atom. The number of halogens is 2. The van der Waals surface area contributed by atoms with Crippen molar-refractivity contribution in [2.45, 2.75) is 43.7 Å². The van der Waals surface area contributed by atoms with Gasteiger partial charge in [0.25, 0.3) is 0 Å². The molecule has 1 aliphatic heterocycles. The van der Waals surface area contributed by atoms with Gasteiger partial charge in [-0.15, -0.1) is 5.10 Å². The summed E-state index contributed by atoms with van der Waals surface area (Å²) in [5.41, 5.74) is 6.77. The van der Waals surface area contributed by atoms with Crippen LogP contribution in [0.15, 0.2) is 47.5 Å². The van der Waals surface area contributed by atoms with Crippen LogP contribution >= 0.6 is 11.6 Å². The first-order valence-electron chi connectivity index (χ1n) is 10.4. The van der Waals surface area contributed by atoms with E-state index in [0.29, 0.717) is 16.3 Å². The molecule has 2 heterocycles. The van der Waals surface area contributed by atoms with Gasteiger partial charge < -0.3 is 10.6 Å². The van der Waals surface area contributed by atoms with Gasteiger partial charge >= 0.3 is 0 Å². The van der Waals surface area contributed by atoms with E-state index in [4.69, 9.17) is 17.3 Å². The number of benzene rings is 2. The van der Waals surface area contributed by atoms with Crippen LogP contribution in [0.2, 0.25) is 5.02 Å². The lowest BCUT2D eigenvalue weighted by atomic mass is 9.93. The zero-order valence-electron chi connectivity index (χ0n) is 18.8. The van der Waals surface area contributed by atoms with Gasteiger partial charge in [0.05, 0.1) is 46.4 Å². The number of nitrogens with two attached hydrogens (primary N) is 1. The molecule has 11 heteroatoms. The number of amides is 1. The van der Waals surface area contributed by atoms with Crippen molar-refractivity contribution in [2.24, 2.45) is 5.73 Å². The van der Waals surface area contributed by atoms with E-state index in [1.54, 1.807) is 24.3 Å². The van der Waals surface area contributed by atoms with Crippen molar-refractivity contribution in [3.63, 3.8) is 0 Å². The lowest BCUT2D eigenvalue weighted by Gasteiger charge is -2.25. The van der Waals surface area contributed by atoms with E-state index in [1.807, 2.05) is 20.8 Å². The van der Waals surface area contributed by atoms with Gasteiger partial charge in [-0.2, -0.15) is 5.10 Å². The number of hydrogen-bond acceptors (Lipinski definition) is 7. The number of hydrogen-bond donors (Lipinski definition) is 1. The monoisotopic (exact) mass is 503 g/mol. The van der Waals surface area contributed by atoms with Gasteiger partial charge in [0.1, 0.15) is 5.82 Å². The molecule has 2 N–H and O–H groups in total. The van der Waals surface area contributed by atoms with Crippen LogP contribution < -0.4 is 10.6 Å². The van der Waals surface area contributed by atoms with E-state index in [1.165, 1.54) is 17.2 Å². The number of aromatic nitrogens is 3. The van der Waals surface area contributed by atoms with Crippen molar-refractivity contribution < 1.29 is 17.6 Å². The van der Waals surface area contributed by atoms with Crippen LogP contribution in [0.3, 0.4) is 0 Å². The molecule has 1 amide bonds. The van der Waals surface area contributed by atoms with Gasteiger partial charge in [-0.3, -0.25) is 4.79 Å². The van der Waals surface area contributed by atoms with Crippen molar-refractivity contribution in [3.05, 3.63) is 64.7 Å². The standard InChI is InChI=1S/C23H23ClFN5O3S/c1-23(2,3)20-10-27-29-21(28-20)15-8-18-19(9-16(15)25)34(32,33)12-17(26)22(31)30(18)11-13-4-6-14(24)7-5-13/h4-10,17H,11-12,26H2,1-3H3/t17-/m0/s1. The third kappa shape index (κ3) is 4.66. The van der Waals surface area contributed by atoms with Gasteiger partial charge in [-0.1, -0.05) is 44.5 Å². The predicted octanol–water partition coefficient (Wildman–Crippen LogP) is 3.28. The largest absolute Gasteiger partial charge is 0.319 e. The van der Waals surface area contributed by atoms with Crippen molar-refractivity contribution in [2.75, 3.05) is 10.7 Å². The molecule has 0 bridgehead atoms. The average Bonchev–Trinajstić information content (AvgIpc) is 2.83. The summed E-state index contributed by atoms with van der Waals surface area (Å²) < 4.78 is 41.2. The van der Waals surface area contributed by atoms with E-state index < -0.39 is 33.4 Å². The summed E-state index contributed by atoms with van der Waals surface area (Å²) in [5, 5.41) is 8.40. The molecule has 178 valence electrons. The van der Waals surface area contributed by atoms with Crippen LogP contribution in [-0.2, 0) is 26.6 Å². The van der Waals surface area contributed by atoms with E-state index in [-0.39, 0.29) is 33.9 Å². The quantitative estimate of drug-likeness (QED) is 0.582. The second-order valence-corrected chi connectivity index (χ2v) is 11.6. The minimum atomic E-state index is -4.05. The highest BCUT2D eigenvalue weighted by Crippen LogP contribution is 2.36. The molecular formula is C23H23ClFN5O3S. The number of fused-ring (bicyclic) bond motifs is 1. The molecule has 4 rings (SSSR count). The van der Waals surface area contributed by atoms with Gasteiger partial charge in [-0.05, 0) is 29.8 Å². The smallest absolute Gasteiger partial charge is 0.245 e. The Kier molecular flexibility index (Phi) is 6.17. The van der Waals surface area contributed by atoms with Crippen molar-refractivity contribution >= 4 is 33.0 Å². The highest BCUT2D eigenvalue weighted by Gasteiger charge is 2.37. The third-order valence-electron chi connectivity index (χ3n) is 5.48. The van der Waals surface area contributed by atoms with Gasteiger partial charge in [0.2, 0.25) is 5.91 Å². The van der Waals surface area contributed by atoms with Gasteiger partial charge in [-0.25, -0.2) is 17.8 Å². The topological polar surface area (TPSA) is 119 Å². The summed E-state index contributed by atoms with van der Waals surface area (Å²) in [6, 6.07) is 7.60. The minimum Gasteiger partial charge on any atom is -0.319 e. The second-order valence-electron chi connectivity index (χ2n) is 9.15. The fraction of sp³-hybridized carbons (Fsp3) is 0.304. The summed E-state index contributed by atoms with van der Waals surface area (Å²) in [5.74, 6) is -2.09. The predicted molar refractivity (Wildman–Crippen MR) is 127 cm³/mol. The molecule has 3 aromatic rings. The van der Waals surface area contributed by atoms with Crippen molar-refractivity contribution in [3.8, 4) is 11.4 Å². The fourth-order valence-electron chi connectivity index (χ4n) is 3.61. The molecule has 1 aliphatic rings. The zero-order valence-corrected chi connectivity index (χ0v) is 20.4. The van der Waals surface area contributed by atoms with Crippen LogP contribution in [0.5, 0.6) is 0 Å². The maximum absolute atomic E-state index is 15.2.